The molecule has 5 rings (SSSR count). The molecule has 8 nitrogen and oxygen atoms in total. The molecule has 0 aliphatic carbocycles. The highest BCUT2D eigenvalue weighted by molar-refractivity contribution is 7.99. The van der Waals surface area contributed by atoms with E-state index in [2.05, 4.69) is 9.55 Å². The molecule has 0 bridgehead atoms. The Labute approximate surface area is 208 Å². The molecule has 0 radical (unpaired) electrons. The number of carbonyl (C=O) groups excluding carboxylic acids is 2. The van der Waals surface area contributed by atoms with E-state index < -0.39 is 6.04 Å². The lowest BCUT2D eigenvalue weighted by Crippen LogP contribution is -2.43. The summed E-state index contributed by atoms with van der Waals surface area (Å²) in [5, 5.41) is 2.60. The van der Waals surface area contributed by atoms with Crippen molar-refractivity contribution < 1.29 is 18.7 Å². The van der Waals surface area contributed by atoms with Gasteiger partial charge in [0.05, 0.1) is 16.3 Å². The van der Waals surface area contributed by atoms with Crippen LogP contribution in [0.4, 0.5) is 4.39 Å². The van der Waals surface area contributed by atoms with E-state index in [1.807, 2.05) is 0 Å². The number of thioether (sulfide) groups is 1. The molecule has 2 aliphatic rings. The third-order valence-electron chi connectivity index (χ3n) is 5.76. The lowest BCUT2D eigenvalue weighted by molar-refractivity contribution is -0.135. The van der Waals surface area contributed by atoms with Crippen LogP contribution in [-0.4, -0.2) is 69.1 Å². The fourth-order valence-corrected chi connectivity index (χ4v) is 6.24. The lowest BCUT2D eigenvalue weighted by atomic mass is 10.0. The number of nitrogens with zero attached hydrogens (tertiary/aromatic N) is 5. The van der Waals surface area contributed by atoms with Gasteiger partial charge in [-0.1, -0.05) is 23.4 Å². The van der Waals surface area contributed by atoms with Gasteiger partial charge in [-0.2, -0.15) is 0 Å². The third kappa shape index (κ3) is 4.05. The Morgan fingerprint density at radius 3 is 2.79 bits per heavy atom. The van der Waals surface area contributed by atoms with Crippen molar-refractivity contribution in [3.8, 4) is 5.75 Å². The molecule has 2 aliphatic heterocycles. The number of ether oxygens (including phenoxy) is 1. The number of amides is 2. The Morgan fingerprint density at radius 1 is 1.26 bits per heavy atom. The predicted molar refractivity (Wildman–Crippen MR) is 127 cm³/mol. The molecule has 34 heavy (non-hydrogen) atoms. The SMILES string of the molecule is CN(C)C(=O)c1ccc(OCC(=O)N2CCc3nc4n(c3C2c2sccc2F)CCS4)c(Cl)n1. The van der Waals surface area contributed by atoms with Crippen LogP contribution in [0.2, 0.25) is 5.15 Å². The van der Waals surface area contributed by atoms with Crippen LogP contribution < -0.4 is 4.74 Å². The maximum atomic E-state index is 14.7. The van der Waals surface area contributed by atoms with Gasteiger partial charge in [0, 0.05) is 39.4 Å². The number of carbonyl (C=O) groups is 2. The molecule has 0 saturated carbocycles. The molecule has 0 fully saturated rings. The smallest absolute Gasteiger partial charge is 0.271 e. The number of pyridine rings is 1. The Balaban J connectivity index is 1.39. The van der Waals surface area contributed by atoms with Crippen molar-refractivity contribution in [2.24, 2.45) is 0 Å². The molecule has 0 N–H and O–H groups in total. The van der Waals surface area contributed by atoms with Crippen molar-refractivity contribution in [2.45, 2.75) is 24.2 Å². The van der Waals surface area contributed by atoms with E-state index in [-0.39, 0.29) is 40.8 Å². The van der Waals surface area contributed by atoms with Gasteiger partial charge in [-0.15, -0.1) is 11.3 Å². The van der Waals surface area contributed by atoms with E-state index in [1.165, 1.54) is 34.4 Å². The number of rotatable bonds is 5. The molecule has 12 heteroatoms. The number of thiophene rings is 1. The van der Waals surface area contributed by atoms with Gasteiger partial charge in [-0.3, -0.25) is 9.59 Å². The van der Waals surface area contributed by atoms with Crippen molar-refractivity contribution in [2.75, 3.05) is 33.0 Å². The highest BCUT2D eigenvalue weighted by Gasteiger charge is 2.39. The topological polar surface area (TPSA) is 80.6 Å². The summed E-state index contributed by atoms with van der Waals surface area (Å²) < 4.78 is 22.5. The van der Waals surface area contributed by atoms with Crippen molar-refractivity contribution in [1.29, 1.82) is 0 Å². The zero-order chi connectivity index (χ0) is 24.0. The van der Waals surface area contributed by atoms with Gasteiger partial charge in [-0.05, 0) is 23.6 Å². The van der Waals surface area contributed by atoms with Crippen LogP contribution in [0.3, 0.4) is 0 Å². The molecule has 0 saturated heterocycles. The van der Waals surface area contributed by atoms with Gasteiger partial charge >= 0.3 is 0 Å². The lowest BCUT2D eigenvalue weighted by Gasteiger charge is -2.35. The highest BCUT2D eigenvalue weighted by Crippen LogP contribution is 2.42. The summed E-state index contributed by atoms with van der Waals surface area (Å²) in [6.45, 7) is 0.890. The summed E-state index contributed by atoms with van der Waals surface area (Å²) >= 11 is 9.16. The fraction of sp³-hybridized carbons (Fsp3) is 0.364. The Kier molecular flexibility index (Phi) is 6.26. The first-order valence-electron chi connectivity index (χ1n) is 10.6. The first-order chi connectivity index (χ1) is 16.3. The second-order valence-corrected chi connectivity index (χ2v) is 10.4. The normalized spacial score (nSPS) is 16.8. The van der Waals surface area contributed by atoms with Gasteiger partial charge in [0.2, 0.25) is 0 Å². The van der Waals surface area contributed by atoms with Gasteiger partial charge < -0.3 is 19.1 Å². The largest absolute Gasteiger partial charge is 0.481 e. The van der Waals surface area contributed by atoms with E-state index in [4.69, 9.17) is 21.3 Å². The minimum absolute atomic E-state index is 0.00656. The second kappa shape index (κ2) is 9.20. The summed E-state index contributed by atoms with van der Waals surface area (Å²) in [5.74, 6) is 0.180. The third-order valence-corrected chi connectivity index (χ3v) is 7.93. The average Bonchev–Trinajstić information content (AvgIpc) is 3.52. The molecule has 0 aromatic carbocycles. The van der Waals surface area contributed by atoms with Crippen LogP contribution in [0.15, 0.2) is 28.7 Å². The maximum absolute atomic E-state index is 14.7. The number of aromatic nitrogens is 3. The van der Waals surface area contributed by atoms with Crippen molar-refractivity contribution >= 4 is 46.5 Å². The van der Waals surface area contributed by atoms with Gasteiger partial charge in [0.1, 0.15) is 17.6 Å². The van der Waals surface area contributed by atoms with Gasteiger partial charge in [-0.25, -0.2) is 14.4 Å². The Morgan fingerprint density at radius 2 is 2.09 bits per heavy atom. The van der Waals surface area contributed by atoms with Crippen LogP contribution in [0.25, 0.3) is 0 Å². The standard InChI is InChI=1S/C22H21ClFN5O3S2/c1-27(2)21(31)14-3-4-15(20(23)25-14)32-11-16(30)28-7-5-13-17(29-8-10-34-22(29)26-13)18(28)19-12(24)6-9-33-19/h3-4,6,9,18H,5,7-8,10-11H2,1-2H3. The van der Waals surface area contributed by atoms with E-state index in [9.17, 15) is 14.0 Å². The number of fused-ring (bicyclic) bond motifs is 3. The number of imidazole rings is 1. The summed E-state index contributed by atoms with van der Waals surface area (Å²) in [4.78, 5) is 37.7. The van der Waals surface area contributed by atoms with E-state index in [0.29, 0.717) is 17.8 Å². The summed E-state index contributed by atoms with van der Waals surface area (Å²) in [6.07, 6.45) is 0.592. The second-order valence-electron chi connectivity index (χ2n) is 8.07. The molecular weight excluding hydrogens is 501 g/mol. The van der Waals surface area contributed by atoms with Crippen molar-refractivity contribution in [3.63, 3.8) is 0 Å². The monoisotopic (exact) mass is 521 g/mol. The van der Waals surface area contributed by atoms with Crippen LogP contribution in [0.1, 0.15) is 32.8 Å². The van der Waals surface area contributed by atoms with Gasteiger partial charge in [0.25, 0.3) is 11.8 Å². The van der Waals surface area contributed by atoms with Crippen LogP contribution >= 0.6 is 34.7 Å². The predicted octanol–water partition coefficient (Wildman–Crippen LogP) is 3.49. The molecule has 3 aromatic heterocycles. The average molecular weight is 522 g/mol. The molecule has 5 heterocycles. The minimum atomic E-state index is -0.562. The first kappa shape index (κ1) is 23.1. The molecule has 178 valence electrons. The first-order valence-corrected chi connectivity index (χ1v) is 12.8. The minimum Gasteiger partial charge on any atom is -0.481 e. The molecule has 1 atom stereocenters. The van der Waals surface area contributed by atoms with E-state index >= 15 is 0 Å². The summed E-state index contributed by atoms with van der Waals surface area (Å²) in [6, 6.07) is 3.88. The molecule has 1 unspecified atom stereocenters. The zero-order valence-electron chi connectivity index (χ0n) is 18.5. The van der Waals surface area contributed by atoms with Crippen molar-refractivity contribution in [1.82, 2.24) is 24.3 Å². The molecule has 0 spiro atoms. The van der Waals surface area contributed by atoms with Gasteiger partial charge in [0.15, 0.2) is 22.7 Å². The fourth-order valence-electron chi connectivity index (χ4n) is 4.17. The van der Waals surface area contributed by atoms with E-state index in [0.717, 1.165) is 28.8 Å². The molecule has 2 amide bonds. The number of halogens is 2. The maximum Gasteiger partial charge on any atom is 0.271 e. The summed E-state index contributed by atoms with van der Waals surface area (Å²) in [5.41, 5.74) is 1.98. The van der Waals surface area contributed by atoms with Crippen LogP contribution in [-0.2, 0) is 17.8 Å². The van der Waals surface area contributed by atoms with E-state index in [1.54, 1.807) is 36.1 Å². The number of hydrogen-bond donors (Lipinski definition) is 0. The molecular formula is C22H21ClFN5O3S2. The van der Waals surface area contributed by atoms with Crippen molar-refractivity contribution in [3.05, 3.63) is 56.5 Å². The number of hydrogen-bond acceptors (Lipinski definition) is 7. The zero-order valence-corrected chi connectivity index (χ0v) is 20.8. The van der Waals surface area contributed by atoms with Crippen LogP contribution in [0.5, 0.6) is 5.75 Å². The molecule has 3 aromatic rings. The Hall–Kier alpha value is -2.63. The quantitative estimate of drug-likeness (QED) is 0.478. The highest BCUT2D eigenvalue weighted by atomic mass is 35.5. The Bertz CT molecular complexity index is 1280. The van der Waals surface area contributed by atoms with Crippen LogP contribution in [0, 0.1) is 5.82 Å². The summed E-state index contributed by atoms with van der Waals surface area (Å²) in [7, 11) is 3.24.